The number of amides is 1. The highest BCUT2D eigenvalue weighted by Gasteiger charge is 2.47. The molecule has 0 aromatic carbocycles. The van der Waals surface area contributed by atoms with Crippen molar-refractivity contribution in [3.63, 3.8) is 0 Å². The number of rotatable bonds is 51. The molecule has 11 heteroatoms. The third-order valence-electron chi connectivity index (χ3n) is 14.3. The molecule has 8 atom stereocenters. The van der Waals surface area contributed by atoms with Crippen LogP contribution in [0.4, 0.5) is 0 Å². The summed E-state index contributed by atoms with van der Waals surface area (Å²) in [4.78, 5) is 26.5. The van der Waals surface area contributed by atoms with Gasteiger partial charge in [0.2, 0.25) is 5.91 Å². The maximum atomic E-state index is 13.3. The van der Waals surface area contributed by atoms with E-state index in [2.05, 4.69) is 32.2 Å². The van der Waals surface area contributed by atoms with Crippen molar-refractivity contribution in [2.45, 2.75) is 314 Å². The summed E-state index contributed by atoms with van der Waals surface area (Å²) in [7, 11) is 0. The SMILES string of the molecule is CC/C=C/C=C/C=C\C=C/CCCCC(O)C(=O)NC(COC1OC(CO)C(O)C(O)C1OC(=O)CCCCCCCCCCCCCCCCCCCCCCC)C(O)/C=C/CCCCCCCCCCCC. The van der Waals surface area contributed by atoms with Crippen molar-refractivity contribution in [1.82, 2.24) is 5.32 Å². The Morgan fingerprint density at radius 3 is 1.46 bits per heavy atom. The third kappa shape index (κ3) is 38.8. The van der Waals surface area contributed by atoms with Crippen LogP contribution < -0.4 is 5.32 Å². The maximum Gasteiger partial charge on any atom is 0.306 e. The fourth-order valence-corrected chi connectivity index (χ4v) is 9.43. The second kappa shape index (κ2) is 51.1. The van der Waals surface area contributed by atoms with Gasteiger partial charge in [-0.2, -0.15) is 0 Å². The van der Waals surface area contributed by atoms with Crippen LogP contribution in [0.15, 0.2) is 60.8 Å². The average molecular weight is 1040 g/mol. The monoisotopic (exact) mass is 1040 g/mol. The van der Waals surface area contributed by atoms with E-state index in [4.69, 9.17) is 14.2 Å². The van der Waals surface area contributed by atoms with Gasteiger partial charge in [-0.3, -0.25) is 9.59 Å². The Morgan fingerprint density at radius 2 is 0.973 bits per heavy atom. The molecule has 0 saturated carbocycles. The van der Waals surface area contributed by atoms with Gasteiger partial charge in [0, 0.05) is 6.42 Å². The molecule has 0 aromatic rings. The van der Waals surface area contributed by atoms with E-state index < -0.39 is 67.4 Å². The lowest BCUT2D eigenvalue weighted by atomic mass is 9.99. The lowest BCUT2D eigenvalue weighted by Gasteiger charge is -2.41. The molecule has 8 unspecified atom stereocenters. The highest BCUT2D eigenvalue weighted by molar-refractivity contribution is 5.80. The van der Waals surface area contributed by atoms with Gasteiger partial charge >= 0.3 is 5.97 Å². The number of ether oxygens (including phenoxy) is 3. The van der Waals surface area contributed by atoms with Gasteiger partial charge in [0.25, 0.3) is 0 Å². The van der Waals surface area contributed by atoms with Gasteiger partial charge in [-0.05, 0) is 44.9 Å². The summed E-state index contributed by atoms with van der Waals surface area (Å²) in [5.74, 6) is -1.23. The topological polar surface area (TPSA) is 175 Å². The number of carbonyl (C=O) groups excluding carboxylic acids is 2. The minimum absolute atomic E-state index is 0.121. The lowest BCUT2D eigenvalue weighted by Crippen LogP contribution is -2.61. The molecule has 1 amide bonds. The Hall–Kier alpha value is -2.64. The van der Waals surface area contributed by atoms with Gasteiger partial charge in [0.05, 0.1) is 25.4 Å². The van der Waals surface area contributed by atoms with Crippen molar-refractivity contribution in [3.05, 3.63) is 60.8 Å². The number of esters is 1. The van der Waals surface area contributed by atoms with E-state index in [0.29, 0.717) is 12.8 Å². The molecule has 1 heterocycles. The first kappa shape index (κ1) is 69.4. The molecule has 74 heavy (non-hydrogen) atoms. The molecular weight excluding hydrogens is 931 g/mol. The quantitative estimate of drug-likeness (QED) is 0.0149. The van der Waals surface area contributed by atoms with Crippen LogP contribution in [0.2, 0.25) is 0 Å². The second-order valence-electron chi connectivity index (χ2n) is 21.2. The van der Waals surface area contributed by atoms with Gasteiger partial charge in [-0.25, -0.2) is 0 Å². The van der Waals surface area contributed by atoms with Crippen molar-refractivity contribution >= 4 is 11.9 Å². The highest BCUT2D eigenvalue weighted by atomic mass is 16.7. The number of allylic oxidation sites excluding steroid dienone is 9. The van der Waals surface area contributed by atoms with E-state index in [0.717, 1.165) is 57.8 Å². The zero-order chi connectivity index (χ0) is 54.0. The summed E-state index contributed by atoms with van der Waals surface area (Å²) in [6.45, 7) is 5.63. The van der Waals surface area contributed by atoms with Gasteiger partial charge in [0.15, 0.2) is 12.4 Å². The number of hydrogen-bond acceptors (Lipinski definition) is 10. The first-order chi connectivity index (χ1) is 36.2. The molecule has 0 aliphatic carbocycles. The minimum atomic E-state index is -1.62. The fourth-order valence-electron chi connectivity index (χ4n) is 9.43. The van der Waals surface area contributed by atoms with Crippen molar-refractivity contribution in [1.29, 1.82) is 0 Å². The number of hydrogen-bond donors (Lipinski definition) is 6. The second-order valence-corrected chi connectivity index (χ2v) is 21.2. The Bertz CT molecular complexity index is 1430. The van der Waals surface area contributed by atoms with Gasteiger partial charge < -0.3 is 45.1 Å². The van der Waals surface area contributed by atoms with E-state index in [1.54, 1.807) is 6.08 Å². The molecule has 1 rings (SSSR count). The first-order valence-electron chi connectivity index (χ1n) is 30.6. The first-order valence-corrected chi connectivity index (χ1v) is 30.6. The standard InChI is InChI=1S/C63H113NO10/c1-4-7-10-13-16-19-22-25-26-27-28-29-30-31-32-33-36-39-42-45-48-51-58(68)74-61-60(70)59(69)57(52-65)73-63(61)72-53-54(55(66)49-46-43-40-37-34-23-20-17-14-11-8-5-2)64-62(71)56(67)50-47-44-41-38-35-24-21-18-15-12-9-6-3/h9,12,15,18,21,24,35,38,46,49,54-57,59-61,63,65-67,69-70H,4-8,10-11,13-14,16-17,19-20,22-23,25-34,36-37,39-45,47-48,50-53H2,1-3H3,(H,64,71)/b12-9+,18-15+,24-21-,38-35-,49-46+. The number of aliphatic hydroxyl groups is 5. The Labute approximate surface area is 452 Å². The molecule has 430 valence electrons. The van der Waals surface area contributed by atoms with Crippen molar-refractivity contribution in [2.75, 3.05) is 13.2 Å². The Kier molecular flexibility index (Phi) is 47.9. The van der Waals surface area contributed by atoms with Crippen LogP contribution in [0.5, 0.6) is 0 Å². The maximum absolute atomic E-state index is 13.3. The molecule has 1 fully saturated rings. The van der Waals surface area contributed by atoms with E-state index >= 15 is 0 Å². The molecule has 0 aromatic heterocycles. The predicted octanol–water partition coefficient (Wildman–Crippen LogP) is 14.2. The molecule has 1 saturated heterocycles. The summed E-state index contributed by atoms with van der Waals surface area (Å²) in [6, 6.07) is -1.04. The highest BCUT2D eigenvalue weighted by Crippen LogP contribution is 2.26. The Balaban J connectivity index is 2.65. The van der Waals surface area contributed by atoms with Crippen LogP contribution in [0.25, 0.3) is 0 Å². The fraction of sp³-hybridized carbons (Fsp3) is 0.810. The molecule has 0 spiro atoms. The van der Waals surface area contributed by atoms with Gasteiger partial charge in [-0.1, -0.05) is 274 Å². The van der Waals surface area contributed by atoms with Crippen molar-refractivity contribution < 1.29 is 49.3 Å². The van der Waals surface area contributed by atoms with E-state index in [1.165, 1.54) is 161 Å². The summed E-state index contributed by atoms with van der Waals surface area (Å²) in [5.41, 5.74) is 0. The molecule has 0 bridgehead atoms. The summed E-state index contributed by atoms with van der Waals surface area (Å²) < 4.78 is 17.6. The molecule has 0 radical (unpaired) electrons. The largest absolute Gasteiger partial charge is 0.454 e. The third-order valence-corrected chi connectivity index (χ3v) is 14.3. The predicted molar refractivity (Wildman–Crippen MR) is 306 cm³/mol. The van der Waals surface area contributed by atoms with Crippen LogP contribution >= 0.6 is 0 Å². The zero-order valence-corrected chi connectivity index (χ0v) is 47.5. The van der Waals surface area contributed by atoms with E-state index in [9.17, 15) is 35.1 Å². The smallest absolute Gasteiger partial charge is 0.306 e. The van der Waals surface area contributed by atoms with E-state index in [-0.39, 0.29) is 19.4 Å². The van der Waals surface area contributed by atoms with Gasteiger partial charge in [0.1, 0.15) is 24.4 Å². The zero-order valence-electron chi connectivity index (χ0n) is 47.5. The van der Waals surface area contributed by atoms with Crippen LogP contribution in [0.1, 0.15) is 265 Å². The van der Waals surface area contributed by atoms with Crippen LogP contribution in [0, 0.1) is 0 Å². The molecule has 6 N–H and O–H groups in total. The molecular formula is C63H113NO10. The van der Waals surface area contributed by atoms with Crippen LogP contribution in [-0.4, -0.2) is 99.6 Å². The molecule has 11 nitrogen and oxygen atoms in total. The minimum Gasteiger partial charge on any atom is -0.454 e. The molecule has 1 aliphatic heterocycles. The van der Waals surface area contributed by atoms with Crippen molar-refractivity contribution in [3.8, 4) is 0 Å². The number of aliphatic hydroxyl groups excluding tert-OH is 5. The normalized spacial score (nSPS) is 19.7. The number of unbranched alkanes of at least 4 members (excludes halogenated alkanes) is 32. The Morgan fingerprint density at radius 1 is 0.541 bits per heavy atom. The number of nitrogens with one attached hydrogen (secondary N) is 1. The summed E-state index contributed by atoms with van der Waals surface area (Å²) in [5, 5.41) is 56.8. The van der Waals surface area contributed by atoms with E-state index in [1.807, 2.05) is 48.6 Å². The lowest BCUT2D eigenvalue weighted by molar-refractivity contribution is -0.305. The van der Waals surface area contributed by atoms with Gasteiger partial charge in [-0.15, -0.1) is 0 Å². The van der Waals surface area contributed by atoms with Crippen LogP contribution in [0.3, 0.4) is 0 Å². The average Bonchev–Trinajstić information content (AvgIpc) is 3.40. The summed E-state index contributed by atoms with van der Waals surface area (Å²) >= 11 is 0. The van der Waals surface area contributed by atoms with Crippen LogP contribution in [-0.2, 0) is 23.8 Å². The summed E-state index contributed by atoms with van der Waals surface area (Å²) in [6.07, 6.45) is 52.8. The molecule has 1 aliphatic rings. The van der Waals surface area contributed by atoms with Crippen molar-refractivity contribution in [2.24, 2.45) is 0 Å². The number of carbonyl (C=O) groups is 2.